The summed E-state index contributed by atoms with van der Waals surface area (Å²) in [6.07, 6.45) is 1.30. The predicted octanol–water partition coefficient (Wildman–Crippen LogP) is 2.88. The van der Waals surface area contributed by atoms with Crippen molar-refractivity contribution >= 4 is 11.6 Å². The van der Waals surface area contributed by atoms with E-state index in [1.165, 1.54) is 17.5 Å². The average molecular weight is 165 g/mol. The largest absolute Gasteiger partial charge is 0.122 e. The van der Waals surface area contributed by atoms with Crippen molar-refractivity contribution < 1.29 is 0 Å². The molecule has 1 heteroatoms. The van der Waals surface area contributed by atoms with Gasteiger partial charge in [0.05, 0.1) is 0 Å². The Balaban J connectivity index is 2.22. The van der Waals surface area contributed by atoms with Gasteiger partial charge in [0.1, 0.15) is 0 Å². The molecule has 0 nitrogen and oxygen atoms in total. The Morgan fingerprint density at radius 1 is 1.09 bits per heavy atom. The summed E-state index contributed by atoms with van der Waals surface area (Å²) in [7, 11) is 0. The maximum absolute atomic E-state index is 6.18. The normalized spacial score (nSPS) is 38.1. The average Bonchev–Trinajstić information content (AvgIpc) is 2.54. The standard InChI is InChI=1S/C10H9Cl/c11-10-8-5-9(10)7-4-2-1-3-6(7)8/h1-4,8-10H,5H2. The number of rotatable bonds is 0. The van der Waals surface area contributed by atoms with E-state index in [1.807, 2.05) is 0 Å². The fraction of sp³-hybridized carbons (Fsp3) is 0.400. The molecular weight excluding hydrogens is 156 g/mol. The van der Waals surface area contributed by atoms with Gasteiger partial charge < -0.3 is 0 Å². The third-order valence-corrected chi connectivity index (χ3v) is 3.68. The van der Waals surface area contributed by atoms with Gasteiger partial charge >= 0.3 is 0 Å². The van der Waals surface area contributed by atoms with E-state index in [0.29, 0.717) is 17.2 Å². The van der Waals surface area contributed by atoms with Crippen molar-refractivity contribution in [2.24, 2.45) is 0 Å². The first-order chi connectivity index (χ1) is 5.38. The van der Waals surface area contributed by atoms with Crippen LogP contribution in [0.1, 0.15) is 29.4 Å². The van der Waals surface area contributed by atoms with Crippen LogP contribution in [0.2, 0.25) is 0 Å². The third-order valence-electron chi connectivity index (χ3n) is 3.07. The summed E-state index contributed by atoms with van der Waals surface area (Å²) in [6.45, 7) is 0. The summed E-state index contributed by atoms with van der Waals surface area (Å²) in [5.41, 5.74) is 3.02. The number of hydrogen-bond acceptors (Lipinski definition) is 0. The molecule has 1 aromatic carbocycles. The first-order valence-electron chi connectivity index (χ1n) is 4.11. The van der Waals surface area contributed by atoms with E-state index in [4.69, 9.17) is 11.6 Å². The lowest BCUT2D eigenvalue weighted by atomic mass is 9.81. The summed E-state index contributed by atoms with van der Waals surface area (Å²) in [4.78, 5) is 0. The minimum absolute atomic E-state index is 0.410. The molecule has 2 unspecified atom stereocenters. The molecule has 11 heavy (non-hydrogen) atoms. The van der Waals surface area contributed by atoms with Crippen LogP contribution >= 0.6 is 11.6 Å². The second-order valence-corrected chi connectivity index (χ2v) is 4.03. The van der Waals surface area contributed by atoms with Crippen LogP contribution in [0.15, 0.2) is 24.3 Å². The highest BCUT2D eigenvalue weighted by atomic mass is 35.5. The molecule has 4 rings (SSSR count). The maximum atomic E-state index is 6.18. The van der Waals surface area contributed by atoms with E-state index in [0.717, 1.165) is 0 Å². The fourth-order valence-corrected chi connectivity index (χ4v) is 2.88. The lowest BCUT2D eigenvalue weighted by molar-refractivity contribution is 0.416. The highest BCUT2D eigenvalue weighted by molar-refractivity contribution is 6.23. The lowest BCUT2D eigenvalue weighted by Crippen LogP contribution is -2.24. The Kier molecular flexibility index (Phi) is 0.999. The van der Waals surface area contributed by atoms with Crippen LogP contribution in [0.4, 0.5) is 0 Å². The zero-order valence-electron chi connectivity index (χ0n) is 6.13. The Hall–Kier alpha value is -0.490. The summed E-state index contributed by atoms with van der Waals surface area (Å²) < 4.78 is 0. The predicted molar refractivity (Wildman–Crippen MR) is 46.2 cm³/mol. The van der Waals surface area contributed by atoms with Crippen LogP contribution < -0.4 is 0 Å². The first-order valence-corrected chi connectivity index (χ1v) is 4.54. The van der Waals surface area contributed by atoms with E-state index >= 15 is 0 Å². The smallest absolute Gasteiger partial charge is 0.0473 e. The van der Waals surface area contributed by atoms with Crippen LogP contribution in [-0.4, -0.2) is 5.38 Å². The minimum atomic E-state index is 0.410. The van der Waals surface area contributed by atoms with Crippen molar-refractivity contribution in [3.8, 4) is 0 Å². The Bertz CT molecular complexity index is 276. The van der Waals surface area contributed by atoms with Crippen molar-refractivity contribution in [3.05, 3.63) is 35.4 Å². The third kappa shape index (κ3) is 0.576. The van der Waals surface area contributed by atoms with E-state index in [1.54, 1.807) is 0 Å². The molecule has 2 bridgehead atoms. The van der Waals surface area contributed by atoms with E-state index in [-0.39, 0.29) is 0 Å². The number of hydrogen-bond donors (Lipinski definition) is 0. The molecule has 0 aromatic heterocycles. The highest BCUT2D eigenvalue weighted by Gasteiger charge is 2.49. The zero-order chi connectivity index (χ0) is 7.42. The second-order valence-electron chi connectivity index (χ2n) is 3.52. The zero-order valence-corrected chi connectivity index (χ0v) is 6.88. The summed E-state index contributed by atoms with van der Waals surface area (Å²) in [5, 5.41) is 0.410. The Labute approximate surface area is 71.2 Å². The topological polar surface area (TPSA) is 0 Å². The van der Waals surface area contributed by atoms with Crippen molar-refractivity contribution in [3.63, 3.8) is 0 Å². The molecular formula is C10H9Cl. The highest BCUT2D eigenvalue weighted by Crippen LogP contribution is 2.59. The van der Waals surface area contributed by atoms with Gasteiger partial charge in [0, 0.05) is 17.2 Å². The summed E-state index contributed by atoms with van der Waals surface area (Å²) in [6, 6.07) is 8.68. The molecule has 0 N–H and O–H groups in total. The van der Waals surface area contributed by atoms with Gasteiger partial charge in [-0.1, -0.05) is 24.3 Å². The van der Waals surface area contributed by atoms with E-state index < -0.39 is 0 Å². The monoisotopic (exact) mass is 164 g/mol. The fourth-order valence-electron chi connectivity index (χ4n) is 2.40. The molecule has 1 aromatic rings. The van der Waals surface area contributed by atoms with Crippen LogP contribution in [0.25, 0.3) is 0 Å². The molecule has 3 aliphatic rings. The Morgan fingerprint density at radius 3 is 2.09 bits per heavy atom. The van der Waals surface area contributed by atoms with Gasteiger partial charge in [0.25, 0.3) is 0 Å². The molecule has 0 spiro atoms. The molecule has 0 amide bonds. The van der Waals surface area contributed by atoms with Crippen LogP contribution in [0.3, 0.4) is 0 Å². The molecule has 0 aliphatic heterocycles. The maximum Gasteiger partial charge on any atom is 0.0473 e. The first kappa shape index (κ1) is 6.07. The number of alkyl halides is 1. The van der Waals surface area contributed by atoms with Crippen molar-refractivity contribution in [2.75, 3.05) is 0 Å². The number of halogens is 1. The number of benzene rings is 1. The molecule has 1 saturated carbocycles. The van der Waals surface area contributed by atoms with Crippen molar-refractivity contribution in [2.45, 2.75) is 23.6 Å². The van der Waals surface area contributed by atoms with Gasteiger partial charge in [-0.05, 0) is 17.5 Å². The second kappa shape index (κ2) is 1.81. The minimum Gasteiger partial charge on any atom is -0.122 e. The molecule has 1 fully saturated rings. The SMILES string of the molecule is ClC1C2CC1c1ccccc12. The molecule has 3 aliphatic carbocycles. The van der Waals surface area contributed by atoms with Gasteiger partial charge in [-0.2, -0.15) is 0 Å². The van der Waals surface area contributed by atoms with Crippen molar-refractivity contribution in [1.29, 1.82) is 0 Å². The lowest BCUT2D eigenvalue weighted by Gasteiger charge is -2.30. The van der Waals surface area contributed by atoms with E-state index in [2.05, 4.69) is 24.3 Å². The molecule has 0 heterocycles. The molecule has 2 atom stereocenters. The quantitative estimate of drug-likeness (QED) is 0.518. The molecule has 56 valence electrons. The van der Waals surface area contributed by atoms with Crippen molar-refractivity contribution in [1.82, 2.24) is 0 Å². The van der Waals surface area contributed by atoms with Gasteiger partial charge in [-0.25, -0.2) is 0 Å². The van der Waals surface area contributed by atoms with Gasteiger partial charge in [-0.15, -0.1) is 11.6 Å². The van der Waals surface area contributed by atoms with Gasteiger partial charge in [0.15, 0.2) is 0 Å². The molecule has 0 radical (unpaired) electrons. The molecule has 0 saturated heterocycles. The van der Waals surface area contributed by atoms with E-state index in [9.17, 15) is 0 Å². The summed E-state index contributed by atoms with van der Waals surface area (Å²) >= 11 is 6.18. The van der Waals surface area contributed by atoms with Crippen LogP contribution in [-0.2, 0) is 0 Å². The van der Waals surface area contributed by atoms with Gasteiger partial charge in [-0.3, -0.25) is 0 Å². The van der Waals surface area contributed by atoms with Crippen LogP contribution in [0, 0.1) is 0 Å². The van der Waals surface area contributed by atoms with Gasteiger partial charge in [0.2, 0.25) is 0 Å². The summed E-state index contributed by atoms with van der Waals surface area (Å²) in [5.74, 6) is 1.36. The Morgan fingerprint density at radius 2 is 1.64 bits per heavy atom. The van der Waals surface area contributed by atoms with Crippen LogP contribution in [0.5, 0.6) is 0 Å².